The largest absolute Gasteiger partial charge is 0.488 e. The van der Waals surface area contributed by atoms with E-state index in [1.54, 1.807) is 42.5 Å². The first-order chi connectivity index (χ1) is 16.4. The molecule has 2 aliphatic rings. The van der Waals surface area contributed by atoms with Crippen LogP contribution in [0.25, 0.3) is 0 Å². The molecule has 0 bridgehead atoms. The van der Waals surface area contributed by atoms with Crippen molar-refractivity contribution >= 4 is 11.6 Å². The lowest BCUT2D eigenvalue weighted by molar-refractivity contribution is -0.0820. The molecule has 0 spiro atoms. The molecule has 2 saturated heterocycles. The minimum atomic E-state index is -2.25. The average molecular weight is 455 g/mol. The monoisotopic (exact) mass is 454 g/mol. The second-order valence-corrected chi connectivity index (χ2v) is 8.01. The minimum Gasteiger partial charge on any atom is -0.488 e. The van der Waals surface area contributed by atoms with E-state index in [9.17, 15) is 15.3 Å². The van der Waals surface area contributed by atoms with E-state index < -0.39 is 56.3 Å². The summed E-state index contributed by atoms with van der Waals surface area (Å²) < 4.78 is 46.9. The molecular weight excluding hydrogens is 424 g/mol. The topological polar surface area (TPSA) is 109 Å². The second kappa shape index (κ2) is 9.83. The molecule has 8 heteroatoms. The Bertz CT molecular complexity index is 1040. The van der Waals surface area contributed by atoms with Crippen molar-refractivity contribution in [1.82, 2.24) is 0 Å². The molecule has 7 nitrogen and oxygen atoms in total. The maximum absolute atomic E-state index is 10.4. The Kier molecular flexibility index (Phi) is 5.65. The quantitative estimate of drug-likeness (QED) is 0.503. The van der Waals surface area contributed by atoms with E-state index in [4.69, 9.17) is 36.4 Å². The summed E-state index contributed by atoms with van der Waals surface area (Å²) in [5.41, 5.74) is 2.14. The van der Waals surface area contributed by atoms with Gasteiger partial charge in [-0.25, -0.2) is 0 Å². The number of aliphatic hydroxyl groups is 4. The molecule has 1 unspecified atom stereocenters. The lowest BCUT2D eigenvalue weighted by Crippen LogP contribution is -2.40. The summed E-state index contributed by atoms with van der Waals surface area (Å²) in [6.07, 6.45) is -6.93. The number of rotatable bonds is 7. The van der Waals surface area contributed by atoms with Crippen LogP contribution in [0.1, 0.15) is 34.7 Å². The van der Waals surface area contributed by atoms with Gasteiger partial charge >= 0.3 is 0 Å². The molecule has 2 fully saturated rings. The van der Waals surface area contributed by atoms with Crippen LogP contribution in [0.15, 0.2) is 42.5 Å². The molecule has 0 amide bonds. The highest BCUT2D eigenvalue weighted by Gasteiger charge is 2.46. The van der Waals surface area contributed by atoms with Crippen molar-refractivity contribution in [3.63, 3.8) is 0 Å². The number of aliphatic hydroxyl groups excluding tert-OH is 4. The molecule has 31 heavy (non-hydrogen) atoms. The van der Waals surface area contributed by atoms with Gasteiger partial charge in [-0.1, -0.05) is 35.9 Å². The Labute approximate surface area is 191 Å². The fourth-order valence-electron chi connectivity index (χ4n) is 3.71. The van der Waals surface area contributed by atoms with E-state index in [2.05, 4.69) is 0 Å². The number of hydrogen-bond donors (Lipinski definition) is 4. The van der Waals surface area contributed by atoms with Crippen LogP contribution >= 0.6 is 11.6 Å². The van der Waals surface area contributed by atoms with Gasteiger partial charge in [-0.2, -0.15) is 0 Å². The standard InChI is InChI=1S/C23H27ClO7/c24-18-6-3-14(22-20(27)21(28)23(31-22)19(26)11-25)10-15(18)9-13-1-4-16(5-2-13)30-17-7-8-29-12-17/h1-6,10,17,19-23,25-28H,7-9,11-12H2/t17-,19+,20+,21+,22?,23+/m0/s1/i8D2,12D2. The molecule has 2 aromatic rings. The third kappa shape index (κ3) is 5.04. The van der Waals surface area contributed by atoms with Crippen LogP contribution < -0.4 is 4.74 Å². The lowest BCUT2D eigenvalue weighted by Gasteiger charge is -2.19. The highest BCUT2D eigenvalue weighted by atomic mass is 35.5. The molecule has 168 valence electrons. The van der Waals surface area contributed by atoms with Crippen molar-refractivity contribution in [2.24, 2.45) is 0 Å². The summed E-state index contributed by atoms with van der Waals surface area (Å²) in [5.74, 6) is 0.369. The van der Waals surface area contributed by atoms with Crippen molar-refractivity contribution < 1.29 is 40.1 Å². The molecule has 0 aromatic heterocycles. The van der Waals surface area contributed by atoms with Gasteiger partial charge in [0.05, 0.1) is 25.2 Å². The number of ether oxygens (including phenoxy) is 3. The minimum absolute atomic E-state index is 0.232. The Morgan fingerprint density at radius 3 is 2.61 bits per heavy atom. The van der Waals surface area contributed by atoms with Gasteiger partial charge in [-0.05, 0) is 41.3 Å². The van der Waals surface area contributed by atoms with Gasteiger partial charge in [0.25, 0.3) is 0 Å². The Morgan fingerprint density at radius 1 is 1.16 bits per heavy atom. The van der Waals surface area contributed by atoms with Gasteiger partial charge in [-0.3, -0.25) is 0 Å². The average Bonchev–Trinajstić information content (AvgIpc) is 3.20. The van der Waals surface area contributed by atoms with E-state index in [-0.39, 0.29) is 6.42 Å². The van der Waals surface area contributed by atoms with Crippen molar-refractivity contribution in [1.29, 1.82) is 0 Å². The molecule has 4 N–H and O–H groups in total. The van der Waals surface area contributed by atoms with Crippen LogP contribution in [0.5, 0.6) is 5.75 Å². The molecule has 6 atom stereocenters. The SMILES string of the molecule is [2H]C1([2H])C[C@H](Oc2ccc(Cc3cc(C4O[C@H]([C@H](O)CO)[C@H](O)[C@H]4O)ccc3Cl)cc2)C([2H])([2H])O1. The van der Waals surface area contributed by atoms with E-state index in [1.807, 2.05) is 0 Å². The molecule has 0 radical (unpaired) electrons. The van der Waals surface area contributed by atoms with Crippen LogP contribution in [0, 0.1) is 0 Å². The fraction of sp³-hybridized carbons (Fsp3) is 0.478. The van der Waals surface area contributed by atoms with E-state index in [0.29, 0.717) is 22.8 Å². The predicted octanol–water partition coefficient (Wildman–Crippen LogP) is 1.61. The van der Waals surface area contributed by atoms with Gasteiger partial charge in [0.2, 0.25) is 0 Å². The zero-order valence-electron chi connectivity index (χ0n) is 20.5. The molecule has 2 heterocycles. The second-order valence-electron chi connectivity index (χ2n) is 7.60. The fourth-order valence-corrected chi connectivity index (χ4v) is 3.90. The highest BCUT2D eigenvalue weighted by Crippen LogP contribution is 2.36. The third-order valence-corrected chi connectivity index (χ3v) is 5.76. The molecule has 4 rings (SSSR count). The maximum Gasteiger partial charge on any atom is 0.124 e. The Morgan fingerprint density at radius 2 is 1.94 bits per heavy atom. The maximum atomic E-state index is 10.4. The first kappa shape index (κ1) is 17.8. The zero-order chi connectivity index (χ0) is 25.5. The zero-order valence-corrected chi connectivity index (χ0v) is 17.3. The molecule has 0 aliphatic carbocycles. The van der Waals surface area contributed by atoms with E-state index in [1.165, 1.54) is 0 Å². The van der Waals surface area contributed by atoms with Crippen LogP contribution in [0.3, 0.4) is 0 Å². The van der Waals surface area contributed by atoms with Crippen molar-refractivity contribution in [3.05, 3.63) is 64.2 Å². The van der Waals surface area contributed by atoms with Gasteiger partial charge in [0.15, 0.2) is 0 Å². The summed E-state index contributed by atoms with van der Waals surface area (Å²) in [7, 11) is 0. The van der Waals surface area contributed by atoms with Crippen molar-refractivity contribution in [3.8, 4) is 5.75 Å². The number of hydrogen-bond acceptors (Lipinski definition) is 7. The Hall–Kier alpha value is -1.71. The summed E-state index contributed by atoms with van der Waals surface area (Å²) in [4.78, 5) is 0. The third-order valence-electron chi connectivity index (χ3n) is 5.39. The van der Waals surface area contributed by atoms with Crippen molar-refractivity contribution in [2.75, 3.05) is 19.7 Å². The van der Waals surface area contributed by atoms with Gasteiger partial charge in [0, 0.05) is 11.4 Å². The Balaban J connectivity index is 1.46. The summed E-state index contributed by atoms with van der Waals surface area (Å²) in [6.45, 7) is -4.96. The van der Waals surface area contributed by atoms with Gasteiger partial charge in [-0.15, -0.1) is 0 Å². The highest BCUT2D eigenvalue weighted by molar-refractivity contribution is 6.31. The normalized spacial score (nSPS) is 34.4. The van der Waals surface area contributed by atoms with Gasteiger partial charge < -0.3 is 34.6 Å². The first-order valence-corrected chi connectivity index (χ1v) is 10.3. The van der Waals surface area contributed by atoms with E-state index >= 15 is 0 Å². The predicted molar refractivity (Wildman–Crippen MR) is 113 cm³/mol. The van der Waals surface area contributed by atoms with Crippen LogP contribution in [-0.2, 0) is 15.9 Å². The summed E-state index contributed by atoms with van der Waals surface area (Å²) >= 11 is 6.38. The van der Waals surface area contributed by atoms with Crippen LogP contribution in [0.2, 0.25) is 5.02 Å². The van der Waals surface area contributed by atoms with Crippen LogP contribution in [0.4, 0.5) is 0 Å². The molecular formula is C23H27ClO7. The van der Waals surface area contributed by atoms with Gasteiger partial charge in [0.1, 0.15) is 42.4 Å². The molecule has 2 aromatic carbocycles. The van der Waals surface area contributed by atoms with Crippen molar-refractivity contribution in [2.45, 2.75) is 49.5 Å². The number of benzene rings is 2. The summed E-state index contributed by atoms with van der Waals surface area (Å²) in [5, 5.41) is 40.1. The summed E-state index contributed by atoms with van der Waals surface area (Å²) in [6, 6.07) is 11.9. The molecule has 2 aliphatic heterocycles. The number of halogens is 1. The van der Waals surface area contributed by atoms with E-state index in [0.717, 1.165) is 11.1 Å². The first-order valence-electron chi connectivity index (χ1n) is 11.9. The van der Waals surface area contributed by atoms with Crippen LogP contribution in [-0.4, -0.2) is 70.7 Å². The smallest absolute Gasteiger partial charge is 0.124 e. The lowest BCUT2D eigenvalue weighted by atomic mass is 9.96. The molecule has 0 saturated carbocycles.